The SMILES string of the molecule is Cc1nn(-c2cccc(C(F)(F)F)c2)c(C)c1C(=O)C(=O)N(C)C(C)c1cccc([N+](=O)[O-])c1. The lowest BCUT2D eigenvalue weighted by atomic mass is 10.0. The fourth-order valence-electron chi connectivity index (χ4n) is 3.60. The monoisotopic (exact) mass is 474 g/mol. The molecular weight excluding hydrogens is 453 g/mol. The van der Waals surface area contributed by atoms with Crippen LogP contribution in [0.3, 0.4) is 0 Å². The highest BCUT2D eigenvalue weighted by Gasteiger charge is 2.32. The number of carbonyl (C=O) groups excluding carboxylic acids is 2. The van der Waals surface area contributed by atoms with Gasteiger partial charge in [0.25, 0.3) is 17.4 Å². The normalized spacial score (nSPS) is 12.3. The summed E-state index contributed by atoms with van der Waals surface area (Å²) < 4.78 is 40.5. The molecule has 0 aliphatic heterocycles. The van der Waals surface area contributed by atoms with Crippen molar-refractivity contribution in [3.05, 3.63) is 86.7 Å². The second kappa shape index (κ2) is 9.08. The largest absolute Gasteiger partial charge is 0.416 e. The van der Waals surface area contributed by atoms with Gasteiger partial charge in [-0.1, -0.05) is 18.2 Å². The van der Waals surface area contributed by atoms with E-state index in [9.17, 15) is 32.9 Å². The fraction of sp³-hybridized carbons (Fsp3) is 0.261. The van der Waals surface area contributed by atoms with E-state index in [1.165, 1.54) is 55.9 Å². The average molecular weight is 474 g/mol. The van der Waals surface area contributed by atoms with Crippen molar-refractivity contribution in [1.82, 2.24) is 14.7 Å². The fourth-order valence-corrected chi connectivity index (χ4v) is 3.60. The Kier molecular flexibility index (Phi) is 6.58. The van der Waals surface area contributed by atoms with Gasteiger partial charge in [0.2, 0.25) is 0 Å². The number of ketones is 1. The number of carbonyl (C=O) groups is 2. The Labute approximate surface area is 192 Å². The molecule has 0 saturated heterocycles. The average Bonchev–Trinajstić information content (AvgIpc) is 3.10. The number of Topliss-reactive ketones (excluding diaryl/α,β-unsaturated/α-hetero) is 1. The van der Waals surface area contributed by atoms with Crippen LogP contribution >= 0.6 is 0 Å². The maximum absolute atomic E-state index is 13.1. The van der Waals surface area contributed by atoms with Crippen LogP contribution in [0, 0.1) is 24.0 Å². The van der Waals surface area contributed by atoms with Crippen molar-refractivity contribution in [2.45, 2.75) is 33.0 Å². The number of rotatable bonds is 6. The van der Waals surface area contributed by atoms with Gasteiger partial charge in [-0.25, -0.2) is 4.68 Å². The third kappa shape index (κ3) is 4.68. The molecular formula is C23H21F3N4O4. The minimum atomic E-state index is -4.55. The highest BCUT2D eigenvalue weighted by atomic mass is 19.4. The minimum absolute atomic E-state index is 0.0134. The van der Waals surface area contributed by atoms with Gasteiger partial charge in [0, 0.05) is 19.2 Å². The van der Waals surface area contributed by atoms with Gasteiger partial charge in [0.05, 0.1) is 39.2 Å². The zero-order valence-corrected chi connectivity index (χ0v) is 18.8. The first-order valence-corrected chi connectivity index (χ1v) is 10.1. The third-order valence-electron chi connectivity index (χ3n) is 5.60. The Morgan fingerprint density at radius 2 is 1.76 bits per heavy atom. The molecule has 3 rings (SSSR count). The predicted octanol–water partition coefficient (Wildman–Crippen LogP) is 4.82. The maximum atomic E-state index is 13.1. The number of nitrogens with zero attached hydrogens (tertiary/aromatic N) is 4. The van der Waals surface area contributed by atoms with E-state index in [1.807, 2.05) is 0 Å². The number of benzene rings is 2. The van der Waals surface area contributed by atoms with Gasteiger partial charge in [-0.15, -0.1) is 0 Å². The molecule has 0 spiro atoms. The van der Waals surface area contributed by atoms with Gasteiger partial charge >= 0.3 is 6.18 Å². The van der Waals surface area contributed by atoms with E-state index in [0.717, 1.165) is 17.0 Å². The second-order valence-corrected chi connectivity index (χ2v) is 7.78. The molecule has 1 unspecified atom stereocenters. The van der Waals surface area contributed by atoms with Crippen LogP contribution < -0.4 is 0 Å². The van der Waals surface area contributed by atoms with Gasteiger partial charge in [0.15, 0.2) is 0 Å². The summed E-state index contributed by atoms with van der Waals surface area (Å²) >= 11 is 0. The molecule has 1 amide bonds. The first kappa shape index (κ1) is 24.6. The smallest absolute Gasteiger partial charge is 0.332 e. The summed E-state index contributed by atoms with van der Waals surface area (Å²) in [5, 5.41) is 15.2. The van der Waals surface area contributed by atoms with Gasteiger partial charge in [-0.3, -0.25) is 19.7 Å². The summed E-state index contributed by atoms with van der Waals surface area (Å²) in [5.41, 5.74) is -0.0689. The van der Waals surface area contributed by atoms with Crippen molar-refractivity contribution in [1.29, 1.82) is 0 Å². The molecule has 8 nitrogen and oxygen atoms in total. The Hall–Kier alpha value is -4.02. The summed E-state index contributed by atoms with van der Waals surface area (Å²) in [6.07, 6.45) is -4.55. The molecule has 2 aromatic carbocycles. The van der Waals surface area contributed by atoms with Crippen LogP contribution in [0.5, 0.6) is 0 Å². The molecule has 11 heteroatoms. The quantitative estimate of drug-likeness (QED) is 0.221. The Morgan fingerprint density at radius 3 is 2.38 bits per heavy atom. The number of nitro benzene ring substituents is 1. The molecule has 0 saturated carbocycles. The van der Waals surface area contributed by atoms with E-state index < -0.39 is 34.4 Å². The Morgan fingerprint density at radius 1 is 1.12 bits per heavy atom. The number of hydrogen-bond acceptors (Lipinski definition) is 5. The third-order valence-corrected chi connectivity index (χ3v) is 5.60. The highest BCUT2D eigenvalue weighted by molar-refractivity contribution is 6.43. The van der Waals surface area contributed by atoms with E-state index >= 15 is 0 Å². The van der Waals surface area contributed by atoms with Gasteiger partial charge < -0.3 is 4.90 Å². The molecule has 34 heavy (non-hydrogen) atoms. The van der Waals surface area contributed by atoms with Crippen LogP contribution in [0.25, 0.3) is 5.69 Å². The van der Waals surface area contributed by atoms with Crippen molar-refractivity contribution in [2.24, 2.45) is 0 Å². The van der Waals surface area contributed by atoms with Crippen molar-refractivity contribution >= 4 is 17.4 Å². The van der Waals surface area contributed by atoms with Gasteiger partial charge in [-0.2, -0.15) is 18.3 Å². The molecule has 0 fully saturated rings. The molecule has 1 atom stereocenters. The zero-order valence-electron chi connectivity index (χ0n) is 18.8. The summed E-state index contributed by atoms with van der Waals surface area (Å²) in [4.78, 5) is 37.7. The molecule has 0 N–H and O–H groups in total. The standard InChI is InChI=1S/C23H21F3N4O4/c1-13-20(15(3)29(27-13)18-9-6-8-17(12-18)23(24,25)26)21(31)22(32)28(4)14(2)16-7-5-10-19(11-16)30(33)34/h5-12,14H,1-4H3. The molecule has 3 aromatic rings. The lowest BCUT2D eigenvalue weighted by molar-refractivity contribution is -0.384. The topological polar surface area (TPSA) is 98.3 Å². The highest BCUT2D eigenvalue weighted by Crippen LogP contribution is 2.31. The Balaban J connectivity index is 1.92. The Bertz CT molecular complexity index is 1280. The summed E-state index contributed by atoms with van der Waals surface area (Å²) in [5.74, 6) is -1.76. The number of non-ortho nitro benzene ring substituents is 1. The lowest BCUT2D eigenvalue weighted by Crippen LogP contribution is -2.35. The maximum Gasteiger partial charge on any atom is 0.416 e. The molecule has 0 bridgehead atoms. The number of halogens is 3. The van der Waals surface area contributed by atoms with Gasteiger partial charge in [0.1, 0.15) is 0 Å². The van der Waals surface area contributed by atoms with Crippen LogP contribution in [-0.4, -0.2) is 38.3 Å². The zero-order chi connectivity index (χ0) is 25.4. The molecule has 0 radical (unpaired) electrons. The number of amides is 1. The van der Waals surface area contributed by atoms with E-state index in [1.54, 1.807) is 13.0 Å². The molecule has 0 aliphatic carbocycles. The first-order valence-electron chi connectivity index (χ1n) is 10.1. The predicted molar refractivity (Wildman–Crippen MR) is 117 cm³/mol. The van der Waals surface area contributed by atoms with E-state index in [2.05, 4.69) is 5.10 Å². The van der Waals surface area contributed by atoms with Crippen molar-refractivity contribution in [3.63, 3.8) is 0 Å². The van der Waals surface area contributed by atoms with Crippen molar-refractivity contribution in [3.8, 4) is 5.69 Å². The van der Waals surface area contributed by atoms with Gasteiger partial charge in [-0.05, 0) is 44.5 Å². The second-order valence-electron chi connectivity index (χ2n) is 7.78. The first-order chi connectivity index (χ1) is 15.8. The number of aromatic nitrogens is 2. The molecule has 1 aromatic heterocycles. The molecule has 1 heterocycles. The molecule has 178 valence electrons. The van der Waals surface area contributed by atoms with E-state index in [0.29, 0.717) is 5.56 Å². The van der Waals surface area contributed by atoms with Crippen LogP contribution in [0.2, 0.25) is 0 Å². The number of nitro groups is 1. The number of alkyl halides is 3. The summed E-state index contributed by atoms with van der Waals surface area (Å²) in [6.45, 7) is 4.60. The summed E-state index contributed by atoms with van der Waals surface area (Å²) in [6, 6.07) is 9.55. The lowest BCUT2D eigenvalue weighted by Gasteiger charge is -2.24. The number of aryl methyl sites for hydroxylation is 1. The van der Waals surface area contributed by atoms with E-state index in [-0.39, 0.29) is 28.3 Å². The van der Waals surface area contributed by atoms with E-state index in [4.69, 9.17) is 0 Å². The summed E-state index contributed by atoms with van der Waals surface area (Å²) in [7, 11) is 1.39. The number of hydrogen-bond donors (Lipinski definition) is 0. The number of likely N-dealkylation sites (N-methyl/N-ethyl adjacent to an activating group) is 1. The van der Waals surface area contributed by atoms with Crippen molar-refractivity contribution < 1.29 is 27.7 Å². The minimum Gasteiger partial charge on any atom is -0.332 e. The van der Waals surface area contributed by atoms with Crippen LogP contribution in [0.4, 0.5) is 18.9 Å². The van der Waals surface area contributed by atoms with Crippen molar-refractivity contribution in [2.75, 3.05) is 7.05 Å². The van der Waals surface area contributed by atoms with Crippen LogP contribution in [0.1, 0.15) is 45.8 Å². The molecule has 0 aliphatic rings. The van der Waals surface area contributed by atoms with Crippen LogP contribution in [0.15, 0.2) is 48.5 Å². The van der Waals surface area contributed by atoms with Crippen LogP contribution in [-0.2, 0) is 11.0 Å².